The lowest BCUT2D eigenvalue weighted by Crippen LogP contribution is -2.46. The zero-order valence-electron chi connectivity index (χ0n) is 12.4. The number of likely N-dealkylation sites (N-methyl/N-ethyl adjacent to an activating group) is 1. The van der Waals surface area contributed by atoms with Crippen LogP contribution in [0.2, 0.25) is 0 Å². The van der Waals surface area contributed by atoms with Gasteiger partial charge in [0.15, 0.2) is 0 Å². The maximum absolute atomic E-state index is 13.3. The van der Waals surface area contributed by atoms with Gasteiger partial charge in [-0.15, -0.1) is 0 Å². The Morgan fingerprint density at radius 2 is 2.29 bits per heavy atom. The monoisotopic (exact) mass is 289 g/mol. The highest BCUT2D eigenvalue weighted by molar-refractivity contribution is 6.01. The van der Waals surface area contributed by atoms with Gasteiger partial charge in [0, 0.05) is 23.5 Å². The number of aryl methyl sites for hydroxylation is 1. The Morgan fingerprint density at radius 1 is 1.48 bits per heavy atom. The van der Waals surface area contributed by atoms with Crippen LogP contribution < -0.4 is 5.32 Å². The van der Waals surface area contributed by atoms with Crippen molar-refractivity contribution < 1.29 is 9.18 Å². The minimum Gasteiger partial charge on any atom is -0.350 e. The van der Waals surface area contributed by atoms with E-state index in [-0.39, 0.29) is 17.8 Å². The summed E-state index contributed by atoms with van der Waals surface area (Å²) in [5.41, 5.74) is 2.12. The van der Waals surface area contributed by atoms with Crippen molar-refractivity contribution in [2.45, 2.75) is 25.8 Å². The number of H-pyrrole nitrogens is 1. The quantitative estimate of drug-likeness (QED) is 0.892. The number of nitrogens with zero attached hydrogens (tertiary/aromatic N) is 1. The summed E-state index contributed by atoms with van der Waals surface area (Å²) in [6.45, 7) is 3.80. The highest BCUT2D eigenvalue weighted by atomic mass is 19.1. The number of nitrogens with one attached hydrogen (secondary N) is 2. The Bertz CT molecular complexity index is 679. The van der Waals surface area contributed by atoms with Crippen LogP contribution in [0.1, 0.15) is 28.9 Å². The number of aromatic amines is 1. The van der Waals surface area contributed by atoms with Crippen LogP contribution in [0, 0.1) is 12.7 Å². The average Bonchev–Trinajstić information content (AvgIpc) is 2.76. The van der Waals surface area contributed by atoms with Crippen molar-refractivity contribution in [1.29, 1.82) is 0 Å². The number of aromatic nitrogens is 1. The first-order chi connectivity index (χ1) is 10.0. The van der Waals surface area contributed by atoms with Crippen LogP contribution in [0.15, 0.2) is 18.2 Å². The zero-order chi connectivity index (χ0) is 15.0. The first kappa shape index (κ1) is 14.1. The fourth-order valence-corrected chi connectivity index (χ4v) is 3.07. The first-order valence-corrected chi connectivity index (χ1v) is 7.32. The van der Waals surface area contributed by atoms with Crippen molar-refractivity contribution in [2.24, 2.45) is 0 Å². The smallest absolute Gasteiger partial charge is 0.268 e. The lowest BCUT2D eigenvalue weighted by molar-refractivity contribution is 0.0907. The molecule has 2 N–H and O–H groups in total. The molecule has 1 aromatic carbocycles. The fraction of sp³-hybridized carbons (Fsp3) is 0.438. The largest absolute Gasteiger partial charge is 0.350 e. The molecule has 5 heteroatoms. The first-order valence-electron chi connectivity index (χ1n) is 7.32. The molecule has 1 saturated heterocycles. The minimum atomic E-state index is -0.287. The van der Waals surface area contributed by atoms with E-state index in [0.29, 0.717) is 5.69 Å². The van der Waals surface area contributed by atoms with Crippen molar-refractivity contribution in [1.82, 2.24) is 15.2 Å². The second-order valence-electron chi connectivity index (χ2n) is 5.89. The number of likely N-dealkylation sites (tertiary alicyclic amines) is 1. The molecular formula is C16H20FN3O. The highest BCUT2D eigenvalue weighted by Crippen LogP contribution is 2.23. The molecule has 1 unspecified atom stereocenters. The number of carbonyl (C=O) groups excluding carboxylic acids is 1. The predicted molar refractivity (Wildman–Crippen MR) is 81.0 cm³/mol. The Balaban J connectivity index is 1.82. The summed E-state index contributed by atoms with van der Waals surface area (Å²) in [6.07, 6.45) is 2.10. The maximum Gasteiger partial charge on any atom is 0.268 e. The van der Waals surface area contributed by atoms with E-state index in [9.17, 15) is 9.18 Å². The molecule has 1 fully saturated rings. The third kappa shape index (κ3) is 2.78. The molecule has 2 aromatic rings. The number of hydrogen-bond donors (Lipinski definition) is 2. The van der Waals surface area contributed by atoms with Gasteiger partial charge >= 0.3 is 0 Å². The molecule has 3 rings (SSSR count). The van der Waals surface area contributed by atoms with Crippen LogP contribution in [-0.4, -0.2) is 42.0 Å². The van der Waals surface area contributed by atoms with Gasteiger partial charge in [-0.25, -0.2) is 4.39 Å². The summed E-state index contributed by atoms with van der Waals surface area (Å²) < 4.78 is 13.3. The number of amides is 1. The van der Waals surface area contributed by atoms with Gasteiger partial charge in [-0.3, -0.25) is 4.79 Å². The van der Waals surface area contributed by atoms with E-state index in [2.05, 4.69) is 22.2 Å². The lowest BCUT2D eigenvalue weighted by atomic mass is 10.1. The van der Waals surface area contributed by atoms with Crippen LogP contribution in [-0.2, 0) is 0 Å². The second kappa shape index (κ2) is 5.48. The number of hydrogen-bond acceptors (Lipinski definition) is 2. The number of halogens is 1. The molecule has 0 radical (unpaired) electrons. The van der Waals surface area contributed by atoms with Crippen LogP contribution in [0.25, 0.3) is 10.9 Å². The van der Waals surface area contributed by atoms with E-state index >= 15 is 0 Å². The SMILES string of the molecule is Cc1c(C(=O)NC2CCCN(C)C2)[nH]c2ccc(F)cc12. The van der Waals surface area contributed by atoms with Gasteiger partial charge in [0.2, 0.25) is 0 Å². The lowest BCUT2D eigenvalue weighted by Gasteiger charge is -2.30. The summed E-state index contributed by atoms with van der Waals surface area (Å²) in [5, 5.41) is 3.84. The topological polar surface area (TPSA) is 48.1 Å². The maximum atomic E-state index is 13.3. The van der Waals surface area contributed by atoms with Crippen molar-refractivity contribution in [3.63, 3.8) is 0 Å². The molecule has 112 valence electrons. The van der Waals surface area contributed by atoms with Gasteiger partial charge in [-0.2, -0.15) is 0 Å². The van der Waals surface area contributed by atoms with Gasteiger partial charge in [-0.1, -0.05) is 0 Å². The molecule has 2 heterocycles. The molecule has 1 aliphatic heterocycles. The van der Waals surface area contributed by atoms with Crippen LogP contribution in [0.3, 0.4) is 0 Å². The number of fused-ring (bicyclic) bond motifs is 1. The average molecular weight is 289 g/mol. The molecule has 0 saturated carbocycles. The van der Waals surface area contributed by atoms with E-state index in [1.165, 1.54) is 12.1 Å². The van der Waals surface area contributed by atoms with Gasteiger partial charge in [0.1, 0.15) is 11.5 Å². The van der Waals surface area contributed by atoms with Gasteiger partial charge in [0.05, 0.1) is 0 Å². The molecule has 0 bridgehead atoms. The normalized spacial score (nSPS) is 19.9. The Morgan fingerprint density at radius 3 is 3.05 bits per heavy atom. The Kier molecular flexibility index (Phi) is 3.68. The molecule has 0 spiro atoms. The molecule has 0 aliphatic carbocycles. The van der Waals surface area contributed by atoms with Crippen LogP contribution in [0.4, 0.5) is 4.39 Å². The van der Waals surface area contributed by atoms with Gasteiger partial charge in [-0.05, 0) is 57.1 Å². The van der Waals surface area contributed by atoms with E-state index < -0.39 is 0 Å². The molecule has 4 nitrogen and oxygen atoms in total. The molecule has 1 amide bonds. The third-order valence-corrected chi connectivity index (χ3v) is 4.21. The molecular weight excluding hydrogens is 269 g/mol. The van der Waals surface area contributed by atoms with Crippen LogP contribution in [0.5, 0.6) is 0 Å². The van der Waals surface area contributed by atoms with Crippen molar-refractivity contribution in [2.75, 3.05) is 20.1 Å². The molecule has 1 aliphatic rings. The van der Waals surface area contributed by atoms with Crippen LogP contribution >= 0.6 is 0 Å². The zero-order valence-corrected chi connectivity index (χ0v) is 12.4. The van der Waals surface area contributed by atoms with E-state index in [4.69, 9.17) is 0 Å². The highest BCUT2D eigenvalue weighted by Gasteiger charge is 2.22. The minimum absolute atomic E-state index is 0.107. The summed E-state index contributed by atoms with van der Waals surface area (Å²) in [6, 6.07) is 4.71. The Hall–Kier alpha value is -1.88. The summed E-state index contributed by atoms with van der Waals surface area (Å²) in [4.78, 5) is 17.8. The van der Waals surface area contributed by atoms with Crippen molar-refractivity contribution >= 4 is 16.8 Å². The summed E-state index contributed by atoms with van der Waals surface area (Å²) >= 11 is 0. The molecule has 1 atom stereocenters. The predicted octanol–water partition coefficient (Wildman–Crippen LogP) is 2.44. The van der Waals surface area contributed by atoms with Gasteiger partial charge < -0.3 is 15.2 Å². The summed E-state index contributed by atoms with van der Waals surface area (Å²) in [7, 11) is 2.06. The summed E-state index contributed by atoms with van der Waals surface area (Å²) in [5.74, 6) is -0.394. The van der Waals surface area contributed by atoms with E-state index in [1.807, 2.05) is 6.92 Å². The number of rotatable bonds is 2. The second-order valence-corrected chi connectivity index (χ2v) is 5.89. The molecule has 21 heavy (non-hydrogen) atoms. The van der Waals surface area contributed by atoms with E-state index in [1.54, 1.807) is 6.07 Å². The number of carbonyl (C=O) groups is 1. The number of piperidine rings is 1. The third-order valence-electron chi connectivity index (χ3n) is 4.21. The standard InChI is InChI=1S/C16H20FN3O/c1-10-13-8-11(17)5-6-14(13)19-15(10)16(21)18-12-4-3-7-20(2)9-12/h5-6,8,12,19H,3-4,7,9H2,1-2H3,(H,18,21). The van der Waals surface area contributed by atoms with Gasteiger partial charge in [0.25, 0.3) is 5.91 Å². The van der Waals surface area contributed by atoms with E-state index in [0.717, 1.165) is 42.4 Å². The number of benzene rings is 1. The fourth-order valence-electron chi connectivity index (χ4n) is 3.07. The van der Waals surface area contributed by atoms with Crippen molar-refractivity contribution in [3.05, 3.63) is 35.3 Å². The Labute approximate surface area is 123 Å². The molecule has 1 aromatic heterocycles. The van der Waals surface area contributed by atoms with Crippen molar-refractivity contribution in [3.8, 4) is 0 Å².